The maximum absolute atomic E-state index is 11.0. The number of halogens is 1. The van der Waals surface area contributed by atoms with E-state index < -0.39 is 4.92 Å². The molecule has 116 valence electrons. The van der Waals surface area contributed by atoms with E-state index in [0.717, 1.165) is 5.69 Å². The summed E-state index contributed by atoms with van der Waals surface area (Å²) in [5.74, 6) is 0.387. The lowest BCUT2D eigenvalue weighted by Gasteiger charge is -2.04. The first-order valence-electron chi connectivity index (χ1n) is 6.80. The molecular formula is C16H12ClN3O3. The number of aromatic nitrogens is 2. The first kappa shape index (κ1) is 15.1. The van der Waals surface area contributed by atoms with Crippen LogP contribution in [0.3, 0.4) is 0 Å². The average Bonchev–Trinajstić information content (AvgIpc) is 3.03. The second-order valence-corrected chi connectivity index (χ2v) is 5.19. The highest BCUT2D eigenvalue weighted by Gasteiger charge is 2.13. The lowest BCUT2D eigenvalue weighted by Crippen LogP contribution is -2.01. The highest BCUT2D eigenvalue weighted by Crippen LogP contribution is 2.20. The van der Waals surface area contributed by atoms with Crippen LogP contribution in [-0.2, 0) is 6.61 Å². The molecule has 0 unspecified atom stereocenters. The van der Waals surface area contributed by atoms with Crippen LogP contribution in [0.2, 0.25) is 5.02 Å². The Morgan fingerprint density at radius 1 is 1.13 bits per heavy atom. The minimum atomic E-state index is -0.426. The Kier molecular flexibility index (Phi) is 4.25. The fourth-order valence-corrected chi connectivity index (χ4v) is 2.21. The molecule has 1 heterocycles. The van der Waals surface area contributed by atoms with Gasteiger partial charge in [-0.1, -0.05) is 23.7 Å². The van der Waals surface area contributed by atoms with E-state index in [-0.39, 0.29) is 12.3 Å². The fourth-order valence-electron chi connectivity index (χ4n) is 2.08. The van der Waals surface area contributed by atoms with E-state index in [1.807, 2.05) is 12.1 Å². The standard InChI is InChI=1S/C16H12ClN3O3/c17-13-5-7-14(8-6-13)19-10-9-16(18-19)23-11-12-3-1-2-4-15(12)20(21)22/h1-10H,11H2. The van der Waals surface area contributed by atoms with Crippen molar-refractivity contribution in [2.45, 2.75) is 6.61 Å². The zero-order valence-electron chi connectivity index (χ0n) is 11.9. The van der Waals surface area contributed by atoms with E-state index in [2.05, 4.69) is 5.10 Å². The van der Waals surface area contributed by atoms with Crippen LogP contribution in [0.15, 0.2) is 60.8 Å². The van der Waals surface area contributed by atoms with Crippen LogP contribution >= 0.6 is 11.6 Å². The third kappa shape index (κ3) is 3.49. The van der Waals surface area contributed by atoms with E-state index in [0.29, 0.717) is 16.5 Å². The summed E-state index contributed by atoms with van der Waals surface area (Å²) in [5, 5.41) is 15.9. The lowest BCUT2D eigenvalue weighted by molar-refractivity contribution is -0.385. The Morgan fingerprint density at radius 2 is 1.87 bits per heavy atom. The summed E-state index contributed by atoms with van der Waals surface area (Å²) < 4.78 is 7.19. The van der Waals surface area contributed by atoms with Crippen molar-refractivity contribution in [3.63, 3.8) is 0 Å². The maximum Gasteiger partial charge on any atom is 0.276 e. The van der Waals surface area contributed by atoms with Gasteiger partial charge in [-0.15, -0.1) is 5.10 Å². The van der Waals surface area contributed by atoms with Gasteiger partial charge >= 0.3 is 0 Å². The number of nitro benzene ring substituents is 1. The van der Waals surface area contributed by atoms with E-state index in [1.54, 1.807) is 47.3 Å². The van der Waals surface area contributed by atoms with Crippen molar-refractivity contribution < 1.29 is 9.66 Å². The van der Waals surface area contributed by atoms with Gasteiger partial charge in [0.1, 0.15) is 6.61 Å². The van der Waals surface area contributed by atoms with Gasteiger partial charge < -0.3 is 4.74 Å². The summed E-state index contributed by atoms with van der Waals surface area (Å²) in [6, 6.07) is 15.4. The maximum atomic E-state index is 11.0. The van der Waals surface area contributed by atoms with Crippen LogP contribution in [0.1, 0.15) is 5.56 Å². The Bertz CT molecular complexity index is 831. The van der Waals surface area contributed by atoms with Crippen molar-refractivity contribution in [1.82, 2.24) is 9.78 Å². The molecule has 0 aliphatic carbocycles. The van der Waals surface area contributed by atoms with Gasteiger partial charge in [-0.3, -0.25) is 10.1 Å². The van der Waals surface area contributed by atoms with Gasteiger partial charge in [-0.25, -0.2) is 4.68 Å². The van der Waals surface area contributed by atoms with Crippen molar-refractivity contribution in [3.8, 4) is 11.6 Å². The highest BCUT2D eigenvalue weighted by molar-refractivity contribution is 6.30. The number of nitro groups is 1. The quantitative estimate of drug-likeness (QED) is 0.523. The highest BCUT2D eigenvalue weighted by atomic mass is 35.5. The lowest BCUT2D eigenvalue weighted by atomic mass is 10.2. The van der Waals surface area contributed by atoms with Crippen LogP contribution < -0.4 is 4.74 Å². The number of hydrogen-bond acceptors (Lipinski definition) is 4. The van der Waals surface area contributed by atoms with E-state index >= 15 is 0 Å². The molecule has 2 aromatic carbocycles. The van der Waals surface area contributed by atoms with Crippen molar-refractivity contribution in [2.24, 2.45) is 0 Å². The second kappa shape index (κ2) is 6.50. The van der Waals surface area contributed by atoms with Crippen molar-refractivity contribution in [3.05, 3.63) is 81.5 Å². The Morgan fingerprint density at radius 3 is 2.61 bits per heavy atom. The molecule has 0 aliphatic heterocycles. The number of hydrogen-bond donors (Lipinski definition) is 0. The molecule has 0 bridgehead atoms. The molecule has 0 fully saturated rings. The molecule has 7 heteroatoms. The zero-order chi connectivity index (χ0) is 16.2. The molecule has 0 radical (unpaired) electrons. The molecule has 0 spiro atoms. The van der Waals surface area contributed by atoms with Crippen LogP contribution in [-0.4, -0.2) is 14.7 Å². The first-order chi connectivity index (χ1) is 11.1. The minimum Gasteiger partial charge on any atom is -0.471 e. The smallest absolute Gasteiger partial charge is 0.276 e. The Labute approximate surface area is 137 Å². The van der Waals surface area contributed by atoms with Crippen LogP contribution in [0.4, 0.5) is 5.69 Å². The summed E-state index contributed by atoms with van der Waals surface area (Å²) in [7, 11) is 0. The van der Waals surface area contributed by atoms with E-state index in [4.69, 9.17) is 16.3 Å². The van der Waals surface area contributed by atoms with Crippen molar-refractivity contribution in [2.75, 3.05) is 0 Å². The summed E-state index contributed by atoms with van der Waals surface area (Å²) >= 11 is 5.85. The largest absolute Gasteiger partial charge is 0.471 e. The number of ether oxygens (including phenoxy) is 1. The molecule has 0 aliphatic rings. The van der Waals surface area contributed by atoms with Gasteiger partial charge in [-0.05, 0) is 30.3 Å². The molecule has 0 amide bonds. The van der Waals surface area contributed by atoms with Gasteiger partial charge in [0, 0.05) is 23.4 Å². The minimum absolute atomic E-state index is 0.0321. The summed E-state index contributed by atoms with van der Waals surface area (Å²) in [6.45, 7) is 0.0782. The van der Waals surface area contributed by atoms with Gasteiger partial charge in [-0.2, -0.15) is 0 Å². The molecule has 0 N–H and O–H groups in total. The van der Waals surface area contributed by atoms with Crippen molar-refractivity contribution >= 4 is 17.3 Å². The van der Waals surface area contributed by atoms with Crippen molar-refractivity contribution in [1.29, 1.82) is 0 Å². The molecular weight excluding hydrogens is 318 g/mol. The second-order valence-electron chi connectivity index (χ2n) is 4.75. The number of rotatable bonds is 5. The number of nitrogens with zero attached hydrogens (tertiary/aromatic N) is 3. The molecule has 0 atom stereocenters. The van der Waals surface area contributed by atoms with Crippen LogP contribution in [0.5, 0.6) is 5.88 Å². The Hall–Kier alpha value is -2.86. The third-order valence-corrected chi connectivity index (χ3v) is 3.47. The zero-order valence-corrected chi connectivity index (χ0v) is 12.7. The SMILES string of the molecule is O=[N+]([O-])c1ccccc1COc1ccn(-c2ccc(Cl)cc2)n1. The molecule has 23 heavy (non-hydrogen) atoms. The monoisotopic (exact) mass is 329 g/mol. The van der Waals surface area contributed by atoms with E-state index in [9.17, 15) is 10.1 Å². The van der Waals surface area contributed by atoms with Crippen LogP contribution in [0.25, 0.3) is 5.69 Å². The molecule has 0 saturated carbocycles. The normalized spacial score (nSPS) is 10.5. The summed E-state index contributed by atoms with van der Waals surface area (Å²) in [6.07, 6.45) is 1.75. The topological polar surface area (TPSA) is 70.2 Å². The molecule has 0 saturated heterocycles. The number of para-hydroxylation sites is 1. The summed E-state index contributed by atoms with van der Waals surface area (Å²) in [4.78, 5) is 10.5. The number of benzene rings is 2. The van der Waals surface area contributed by atoms with Gasteiger partial charge in [0.25, 0.3) is 5.69 Å². The fraction of sp³-hybridized carbons (Fsp3) is 0.0625. The van der Waals surface area contributed by atoms with Gasteiger partial charge in [0.15, 0.2) is 0 Å². The molecule has 1 aromatic heterocycles. The molecule has 3 aromatic rings. The predicted molar refractivity (Wildman–Crippen MR) is 86.0 cm³/mol. The van der Waals surface area contributed by atoms with Crippen LogP contribution in [0, 0.1) is 10.1 Å². The van der Waals surface area contributed by atoms with Gasteiger partial charge in [0.05, 0.1) is 16.2 Å². The predicted octanol–water partition coefficient (Wildman–Crippen LogP) is 4.01. The first-order valence-corrected chi connectivity index (χ1v) is 7.18. The molecule has 3 rings (SSSR count). The third-order valence-electron chi connectivity index (χ3n) is 3.22. The van der Waals surface area contributed by atoms with Gasteiger partial charge in [0.2, 0.25) is 5.88 Å². The average molecular weight is 330 g/mol. The molecule has 6 nitrogen and oxygen atoms in total. The Balaban J connectivity index is 1.73. The summed E-state index contributed by atoms with van der Waals surface area (Å²) in [5.41, 5.74) is 1.37. The van der Waals surface area contributed by atoms with E-state index in [1.165, 1.54) is 6.07 Å².